The van der Waals surface area contributed by atoms with Crippen LogP contribution in [0.2, 0.25) is 0 Å². The van der Waals surface area contributed by atoms with Gasteiger partial charge in [-0.25, -0.2) is 9.59 Å². The molecule has 0 bridgehead atoms. The molecule has 8 nitrogen and oxygen atoms in total. The molecule has 0 aromatic heterocycles. The average Bonchev–Trinajstić information content (AvgIpc) is 2.69. The summed E-state index contributed by atoms with van der Waals surface area (Å²) in [6.45, 7) is 11.9. The highest BCUT2D eigenvalue weighted by molar-refractivity contribution is 5.96. The number of hydrogen-bond donors (Lipinski definition) is 1. The lowest BCUT2D eigenvalue weighted by atomic mass is 9.99. The number of halogens is 2. The van der Waals surface area contributed by atoms with Crippen LogP contribution < -0.4 is 10.5 Å². The highest BCUT2D eigenvalue weighted by atomic mass is 19.3. The fourth-order valence-electron chi connectivity index (χ4n) is 3.41. The first-order valence-corrected chi connectivity index (χ1v) is 11.1. The van der Waals surface area contributed by atoms with E-state index < -0.39 is 17.7 Å². The molecular weight excluding hydrogens is 436 g/mol. The van der Waals surface area contributed by atoms with Gasteiger partial charge in [-0.2, -0.15) is 8.78 Å². The van der Waals surface area contributed by atoms with E-state index in [0.29, 0.717) is 50.7 Å². The van der Waals surface area contributed by atoms with Gasteiger partial charge in [0.15, 0.2) is 0 Å². The summed E-state index contributed by atoms with van der Waals surface area (Å²) in [7, 11) is 0. The number of alkyl halides is 2. The zero-order chi connectivity index (χ0) is 25.0. The molecule has 33 heavy (non-hydrogen) atoms. The van der Waals surface area contributed by atoms with E-state index in [1.165, 1.54) is 6.07 Å². The van der Waals surface area contributed by atoms with Crippen LogP contribution in [0.5, 0.6) is 5.75 Å². The Labute approximate surface area is 193 Å². The Morgan fingerprint density at radius 1 is 1.12 bits per heavy atom. The second-order valence-electron chi connectivity index (χ2n) is 9.23. The van der Waals surface area contributed by atoms with Crippen molar-refractivity contribution in [2.75, 3.05) is 38.5 Å². The predicted molar refractivity (Wildman–Crippen MR) is 120 cm³/mol. The molecule has 1 heterocycles. The van der Waals surface area contributed by atoms with Gasteiger partial charge in [-0.3, -0.25) is 4.90 Å². The molecule has 186 valence electrons. The molecule has 10 heteroatoms. The van der Waals surface area contributed by atoms with Crippen molar-refractivity contribution in [2.45, 2.75) is 66.2 Å². The lowest BCUT2D eigenvalue weighted by Crippen LogP contribution is -2.49. The summed E-state index contributed by atoms with van der Waals surface area (Å²) in [6, 6.07) is 1.23. The van der Waals surface area contributed by atoms with Crippen molar-refractivity contribution in [3.8, 4) is 5.75 Å². The van der Waals surface area contributed by atoms with Gasteiger partial charge in [-0.05, 0) is 45.7 Å². The Hall–Kier alpha value is -2.62. The Kier molecular flexibility index (Phi) is 8.51. The third-order valence-electron chi connectivity index (χ3n) is 5.07. The number of rotatable bonds is 7. The van der Waals surface area contributed by atoms with Crippen LogP contribution in [0.15, 0.2) is 6.07 Å². The minimum Gasteiger partial charge on any atom is -0.462 e. The van der Waals surface area contributed by atoms with E-state index in [1.807, 2.05) is 11.8 Å². The Balaban J connectivity index is 2.23. The highest BCUT2D eigenvalue weighted by Crippen LogP contribution is 2.35. The van der Waals surface area contributed by atoms with Gasteiger partial charge >= 0.3 is 18.2 Å². The van der Waals surface area contributed by atoms with E-state index in [4.69, 9.17) is 19.9 Å². The van der Waals surface area contributed by atoms with Gasteiger partial charge < -0.3 is 24.8 Å². The summed E-state index contributed by atoms with van der Waals surface area (Å²) in [5.74, 6) is -0.800. The Morgan fingerprint density at radius 3 is 2.24 bits per heavy atom. The van der Waals surface area contributed by atoms with Gasteiger partial charge in [0.05, 0.1) is 12.2 Å². The smallest absolute Gasteiger partial charge is 0.410 e. The van der Waals surface area contributed by atoms with E-state index in [9.17, 15) is 18.4 Å². The zero-order valence-corrected chi connectivity index (χ0v) is 20.3. The maximum absolute atomic E-state index is 13.8. The molecule has 1 aromatic rings. The second kappa shape index (κ2) is 10.5. The van der Waals surface area contributed by atoms with Crippen LogP contribution in [0, 0.1) is 6.92 Å². The fourth-order valence-corrected chi connectivity index (χ4v) is 3.41. The number of nitrogens with zero attached hydrogens (tertiary/aromatic N) is 2. The van der Waals surface area contributed by atoms with Crippen LogP contribution in [0.3, 0.4) is 0 Å². The van der Waals surface area contributed by atoms with E-state index in [1.54, 1.807) is 32.6 Å². The first-order valence-electron chi connectivity index (χ1n) is 11.1. The summed E-state index contributed by atoms with van der Waals surface area (Å²) in [5, 5.41) is 0. The topological polar surface area (TPSA) is 94.3 Å². The normalized spacial score (nSPS) is 15.3. The number of ether oxygens (including phenoxy) is 3. The van der Waals surface area contributed by atoms with E-state index >= 15 is 0 Å². The summed E-state index contributed by atoms with van der Waals surface area (Å²) in [5.41, 5.74) is 6.72. The van der Waals surface area contributed by atoms with Crippen LogP contribution in [-0.2, 0) is 16.0 Å². The largest absolute Gasteiger partial charge is 0.462 e. The quantitative estimate of drug-likeness (QED) is 0.471. The number of anilines is 1. The number of nitrogens with two attached hydrogens (primary N) is 1. The van der Waals surface area contributed by atoms with Gasteiger partial charge in [0.2, 0.25) is 0 Å². The van der Waals surface area contributed by atoms with Gasteiger partial charge in [0.25, 0.3) is 0 Å². The molecule has 1 fully saturated rings. The Morgan fingerprint density at radius 2 is 1.73 bits per heavy atom. The third-order valence-corrected chi connectivity index (χ3v) is 5.07. The van der Waals surface area contributed by atoms with Crippen molar-refractivity contribution in [2.24, 2.45) is 0 Å². The van der Waals surface area contributed by atoms with Crippen LogP contribution in [-0.4, -0.2) is 66.4 Å². The lowest BCUT2D eigenvalue weighted by Gasteiger charge is -2.36. The van der Waals surface area contributed by atoms with Crippen molar-refractivity contribution >= 4 is 17.7 Å². The predicted octanol–water partition coefficient (Wildman–Crippen LogP) is 4.19. The molecule has 0 spiro atoms. The maximum atomic E-state index is 13.8. The molecule has 2 rings (SSSR count). The summed E-state index contributed by atoms with van der Waals surface area (Å²) >= 11 is 0. The number of benzene rings is 1. The highest BCUT2D eigenvalue weighted by Gasteiger charge is 2.30. The van der Waals surface area contributed by atoms with Gasteiger partial charge in [-0.15, -0.1) is 0 Å². The van der Waals surface area contributed by atoms with Crippen molar-refractivity contribution in [3.05, 3.63) is 22.8 Å². The standard InChI is InChI=1S/C23H35F2N3O5/c1-7-12-31-20(29)16-13-18(32-23(6,24)25)17(15(2)19(16)26)14-27-8-10-28(11-9-27)21(30)33-22(3,4)5/h13H,7-12,14,26H2,1-6H3. The molecule has 1 aliphatic rings. The molecule has 0 saturated carbocycles. The lowest BCUT2D eigenvalue weighted by molar-refractivity contribution is -0.159. The van der Waals surface area contributed by atoms with Crippen molar-refractivity contribution < 1.29 is 32.6 Å². The second-order valence-corrected chi connectivity index (χ2v) is 9.23. The SMILES string of the molecule is CCCOC(=O)c1cc(OC(C)(F)F)c(CN2CCN(C(=O)OC(C)(C)C)CC2)c(C)c1N. The van der Waals surface area contributed by atoms with E-state index in [0.717, 1.165) is 0 Å². The molecule has 1 amide bonds. The van der Waals surface area contributed by atoms with Crippen molar-refractivity contribution in [1.29, 1.82) is 0 Å². The Bertz CT molecular complexity index is 857. The van der Waals surface area contributed by atoms with Crippen molar-refractivity contribution in [3.63, 3.8) is 0 Å². The number of piperazine rings is 1. The molecule has 0 radical (unpaired) electrons. The molecule has 0 aliphatic carbocycles. The number of carbonyl (C=O) groups is 2. The minimum atomic E-state index is -3.45. The molecule has 0 unspecified atom stereocenters. The summed E-state index contributed by atoms with van der Waals surface area (Å²) < 4.78 is 43.0. The van der Waals surface area contributed by atoms with Crippen LogP contribution in [0.1, 0.15) is 62.5 Å². The van der Waals surface area contributed by atoms with Gasteiger partial charge in [-0.1, -0.05) is 6.92 Å². The van der Waals surface area contributed by atoms with Crippen LogP contribution in [0.25, 0.3) is 0 Å². The maximum Gasteiger partial charge on any atom is 0.410 e. The minimum absolute atomic E-state index is 0.00121. The van der Waals surface area contributed by atoms with Gasteiger partial charge in [0.1, 0.15) is 11.4 Å². The fraction of sp³-hybridized carbons (Fsp3) is 0.652. The number of hydrogen-bond acceptors (Lipinski definition) is 7. The molecule has 1 aliphatic heterocycles. The van der Waals surface area contributed by atoms with Crippen molar-refractivity contribution in [1.82, 2.24) is 9.80 Å². The third kappa shape index (κ3) is 7.73. The molecule has 1 aromatic carbocycles. The molecular formula is C23H35F2N3O5. The number of carbonyl (C=O) groups excluding carboxylic acids is 2. The first-order chi connectivity index (χ1) is 15.2. The summed E-state index contributed by atoms with van der Waals surface area (Å²) in [6.07, 6.45) is -3.21. The molecule has 2 N–H and O–H groups in total. The number of nitrogen functional groups attached to an aromatic ring is 1. The average molecular weight is 472 g/mol. The van der Waals surface area contributed by atoms with E-state index in [-0.39, 0.29) is 36.2 Å². The van der Waals surface area contributed by atoms with Gasteiger partial charge in [0, 0.05) is 50.9 Å². The number of amides is 1. The monoisotopic (exact) mass is 471 g/mol. The first kappa shape index (κ1) is 26.6. The zero-order valence-electron chi connectivity index (χ0n) is 20.3. The molecule has 1 saturated heterocycles. The number of esters is 1. The summed E-state index contributed by atoms with van der Waals surface area (Å²) in [4.78, 5) is 28.3. The molecule has 0 atom stereocenters. The van der Waals surface area contributed by atoms with E-state index in [2.05, 4.69) is 0 Å². The van der Waals surface area contributed by atoms with Crippen LogP contribution in [0.4, 0.5) is 19.3 Å². The van der Waals surface area contributed by atoms with Crippen LogP contribution >= 0.6 is 0 Å².